The molecule has 1 aliphatic heterocycles. The number of rotatable bonds is 4. The average Bonchev–Trinajstić information content (AvgIpc) is 2.98. The topological polar surface area (TPSA) is 49.4 Å². The van der Waals surface area contributed by atoms with Gasteiger partial charge in [-0.1, -0.05) is 25.0 Å². The second-order valence-corrected chi connectivity index (χ2v) is 8.28. The molecule has 1 aromatic carbocycles. The second-order valence-electron chi connectivity index (χ2n) is 6.90. The number of carbonyl (C=O) groups is 1. The summed E-state index contributed by atoms with van der Waals surface area (Å²) in [6.45, 7) is 0.600. The molecule has 2 fully saturated rings. The Balaban J connectivity index is 0.00000208. The molecule has 1 N–H and O–H groups in total. The summed E-state index contributed by atoms with van der Waals surface area (Å²) in [5.41, 5.74) is 1.07. The summed E-state index contributed by atoms with van der Waals surface area (Å²) in [7, 11) is 0.917. The molecule has 1 aromatic rings. The molecule has 1 amide bonds. The minimum Gasteiger partial charge on any atom is -0.340 e. The fourth-order valence-electron chi connectivity index (χ4n) is 3.91. The molecule has 0 bridgehead atoms. The van der Waals surface area contributed by atoms with Crippen molar-refractivity contribution in [3.63, 3.8) is 0 Å². The quantitative estimate of drug-likeness (QED) is 0.886. The highest BCUT2D eigenvalue weighted by Gasteiger charge is 2.39. The van der Waals surface area contributed by atoms with Crippen LogP contribution in [0.3, 0.4) is 0 Å². The van der Waals surface area contributed by atoms with E-state index in [9.17, 15) is 9.00 Å². The van der Waals surface area contributed by atoms with E-state index in [-0.39, 0.29) is 24.4 Å². The molecule has 6 heteroatoms. The van der Waals surface area contributed by atoms with Crippen LogP contribution >= 0.6 is 12.4 Å². The predicted octanol–water partition coefficient (Wildman–Crippen LogP) is 2.72. The Morgan fingerprint density at radius 1 is 1.25 bits per heavy atom. The summed E-state index contributed by atoms with van der Waals surface area (Å²) in [4.78, 5) is 15.3. The van der Waals surface area contributed by atoms with Crippen molar-refractivity contribution in [2.75, 3.05) is 13.3 Å². The SMILES string of the molecule is CN(Cc1ccc(S(C)=O)cc1)C(=O)C1CC2CCCCC2N1.Cl. The van der Waals surface area contributed by atoms with Crippen LogP contribution in [0.4, 0.5) is 0 Å². The molecule has 4 nitrogen and oxygen atoms in total. The fraction of sp³-hybridized carbons (Fsp3) is 0.611. The third-order valence-electron chi connectivity index (χ3n) is 5.21. The molecule has 0 spiro atoms. The van der Waals surface area contributed by atoms with Gasteiger partial charge in [0.25, 0.3) is 0 Å². The predicted molar refractivity (Wildman–Crippen MR) is 99.8 cm³/mol. The maximum Gasteiger partial charge on any atom is 0.239 e. The number of amides is 1. The van der Waals surface area contributed by atoms with Crippen molar-refractivity contribution in [3.8, 4) is 0 Å². The van der Waals surface area contributed by atoms with E-state index in [4.69, 9.17) is 0 Å². The number of benzene rings is 1. The molecule has 4 atom stereocenters. The van der Waals surface area contributed by atoms with Gasteiger partial charge in [-0.25, -0.2) is 0 Å². The maximum atomic E-state index is 12.7. The van der Waals surface area contributed by atoms with E-state index < -0.39 is 10.8 Å². The molecular weight excluding hydrogens is 344 g/mol. The monoisotopic (exact) mass is 370 g/mol. The Morgan fingerprint density at radius 2 is 1.92 bits per heavy atom. The average molecular weight is 371 g/mol. The smallest absolute Gasteiger partial charge is 0.239 e. The van der Waals surface area contributed by atoms with E-state index in [2.05, 4.69) is 5.32 Å². The number of halogens is 1. The lowest BCUT2D eigenvalue weighted by atomic mass is 9.85. The van der Waals surface area contributed by atoms with Crippen molar-refractivity contribution in [1.82, 2.24) is 10.2 Å². The van der Waals surface area contributed by atoms with Crippen LogP contribution in [0, 0.1) is 5.92 Å². The van der Waals surface area contributed by atoms with Gasteiger partial charge >= 0.3 is 0 Å². The van der Waals surface area contributed by atoms with E-state index in [0.717, 1.165) is 16.9 Å². The zero-order chi connectivity index (χ0) is 16.4. The van der Waals surface area contributed by atoms with Crippen molar-refractivity contribution in [2.45, 2.75) is 55.6 Å². The fourth-order valence-corrected chi connectivity index (χ4v) is 4.43. The van der Waals surface area contributed by atoms with E-state index in [0.29, 0.717) is 18.5 Å². The largest absolute Gasteiger partial charge is 0.340 e. The van der Waals surface area contributed by atoms with Gasteiger partial charge in [-0.05, 0) is 42.9 Å². The van der Waals surface area contributed by atoms with Gasteiger partial charge in [0.2, 0.25) is 5.91 Å². The number of likely N-dealkylation sites (N-methyl/N-ethyl adjacent to an activating group) is 1. The van der Waals surface area contributed by atoms with Gasteiger partial charge in [0.15, 0.2) is 0 Å². The van der Waals surface area contributed by atoms with Crippen LogP contribution in [-0.4, -0.2) is 40.4 Å². The zero-order valence-corrected chi connectivity index (χ0v) is 16.0. The molecular formula is C18H27ClN2O2S. The van der Waals surface area contributed by atoms with Crippen LogP contribution in [-0.2, 0) is 22.1 Å². The van der Waals surface area contributed by atoms with Gasteiger partial charge < -0.3 is 10.2 Å². The number of hydrogen-bond donors (Lipinski definition) is 1. The Hall–Kier alpha value is -0.910. The molecule has 1 saturated heterocycles. The number of nitrogens with one attached hydrogen (secondary N) is 1. The summed E-state index contributed by atoms with van der Waals surface area (Å²) in [5.74, 6) is 0.882. The number of fused-ring (bicyclic) bond motifs is 1. The minimum atomic E-state index is -0.956. The summed E-state index contributed by atoms with van der Waals surface area (Å²) in [6, 6.07) is 8.21. The van der Waals surface area contributed by atoms with E-state index in [1.54, 1.807) is 6.26 Å². The van der Waals surface area contributed by atoms with Crippen LogP contribution < -0.4 is 5.32 Å². The summed E-state index contributed by atoms with van der Waals surface area (Å²) < 4.78 is 11.4. The molecule has 3 rings (SSSR count). The van der Waals surface area contributed by atoms with Gasteiger partial charge in [0.1, 0.15) is 0 Å². The van der Waals surface area contributed by atoms with Crippen molar-refractivity contribution in [3.05, 3.63) is 29.8 Å². The molecule has 134 valence electrons. The van der Waals surface area contributed by atoms with Crippen LogP contribution in [0.1, 0.15) is 37.7 Å². The number of carbonyl (C=O) groups excluding carboxylic acids is 1. The summed E-state index contributed by atoms with van der Waals surface area (Å²) in [5, 5.41) is 3.55. The summed E-state index contributed by atoms with van der Waals surface area (Å²) >= 11 is 0. The standard InChI is InChI=1S/C18H26N2O2S.ClH/c1-20(12-13-7-9-15(10-8-13)23(2)22)18(21)17-11-14-5-3-4-6-16(14)19-17;/h7-10,14,16-17,19H,3-6,11-12H2,1-2H3;1H. The third kappa shape index (κ3) is 4.38. The highest BCUT2D eigenvalue weighted by molar-refractivity contribution is 7.84. The van der Waals surface area contributed by atoms with Crippen LogP contribution in [0.5, 0.6) is 0 Å². The lowest BCUT2D eigenvalue weighted by molar-refractivity contribution is -0.132. The molecule has 1 aliphatic carbocycles. The minimum absolute atomic E-state index is 0. The highest BCUT2D eigenvalue weighted by Crippen LogP contribution is 2.33. The van der Waals surface area contributed by atoms with Gasteiger partial charge in [-0.15, -0.1) is 12.4 Å². The van der Waals surface area contributed by atoms with Gasteiger partial charge in [0.05, 0.1) is 6.04 Å². The molecule has 0 aromatic heterocycles. The Morgan fingerprint density at radius 3 is 2.54 bits per heavy atom. The first-order valence-corrected chi connectivity index (χ1v) is 10.0. The normalized spacial score (nSPS) is 27.0. The van der Waals surface area contributed by atoms with E-state index >= 15 is 0 Å². The van der Waals surface area contributed by atoms with Gasteiger partial charge in [-0.2, -0.15) is 0 Å². The lowest BCUT2D eigenvalue weighted by Crippen LogP contribution is -2.43. The van der Waals surface area contributed by atoms with Gasteiger partial charge in [-0.3, -0.25) is 9.00 Å². The second kappa shape index (κ2) is 8.45. The van der Waals surface area contributed by atoms with Crippen molar-refractivity contribution >= 4 is 29.1 Å². The van der Waals surface area contributed by atoms with Crippen molar-refractivity contribution in [2.24, 2.45) is 5.92 Å². The molecule has 1 saturated carbocycles. The van der Waals surface area contributed by atoms with Crippen LogP contribution in [0.2, 0.25) is 0 Å². The van der Waals surface area contributed by atoms with Gasteiger partial charge in [0, 0.05) is 41.6 Å². The van der Waals surface area contributed by atoms with E-state index in [1.807, 2.05) is 36.2 Å². The molecule has 0 radical (unpaired) electrons. The highest BCUT2D eigenvalue weighted by atomic mass is 35.5. The molecule has 4 unspecified atom stereocenters. The molecule has 24 heavy (non-hydrogen) atoms. The zero-order valence-electron chi connectivity index (χ0n) is 14.4. The van der Waals surface area contributed by atoms with Crippen LogP contribution in [0.25, 0.3) is 0 Å². The Bertz CT molecular complexity index is 579. The first kappa shape index (κ1) is 19.4. The maximum absolute atomic E-state index is 12.7. The van der Waals surface area contributed by atoms with Crippen molar-refractivity contribution < 1.29 is 9.00 Å². The number of nitrogens with zero attached hydrogens (tertiary/aromatic N) is 1. The first-order valence-electron chi connectivity index (χ1n) is 8.48. The molecule has 1 heterocycles. The molecule has 2 aliphatic rings. The lowest BCUT2D eigenvalue weighted by Gasteiger charge is -2.24. The first-order chi connectivity index (χ1) is 11.0. The number of hydrogen-bond acceptors (Lipinski definition) is 3. The van der Waals surface area contributed by atoms with E-state index in [1.165, 1.54) is 25.7 Å². The Labute approximate surface area is 153 Å². The van der Waals surface area contributed by atoms with Crippen molar-refractivity contribution in [1.29, 1.82) is 0 Å². The third-order valence-corrected chi connectivity index (χ3v) is 6.15. The Kier molecular flexibility index (Phi) is 6.84. The summed E-state index contributed by atoms with van der Waals surface area (Å²) in [6.07, 6.45) is 7.74. The van der Waals surface area contributed by atoms with Crippen LogP contribution in [0.15, 0.2) is 29.2 Å².